The summed E-state index contributed by atoms with van der Waals surface area (Å²) in [6.45, 7) is 3.02. The van der Waals surface area contributed by atoms with Crippen molar-refractivity contribution in [2.45, 2.75) is 45.1 Å². The number of carbonyl (C=O) groups is 2. The molecule has 2 unspecified atom stereocenters. The van der Waals surface area contributed by atoms with Crippen LogP contribution in [0.3, 0.4) is 0 Å². The van der Waals surface area contributed by atoms with Gasteiger partial charge in [-0.05, 0) is 43.7 Å². The molecule has 0 aromatic heterocycles. The summed E-state index contributed by atoms with van der Waals surface area (Å²) in [6.07, 6.45) is 4.80. The molecular formula is C19H25NO4. The number of nitrogens with zero attached hydrogens (tertiary/aromatic N) is 1. The molecule has 0 saturated carbocycles. The lowest BCUT2D eigenvalue weighted by atomic mass is 9.97. The zero-order valence-corrected chi connectivity index (χ0v) is 14.2. The summed E-state index contributed by atoms with van der Waals surface area (Å²) >= 11 is 0. The third-order valence-electron chi connectivity index (χ3n) is 4.97. The third-order valence-corrected chi connectivity index (χ3v) is 4.97. The van der Waals surface area contributed by atoms with Crippen LogP contribution < -0.4 is 4.74 Å². The minimum absolute atomic E-state index is 0.0768. The average Bonchev–Trinajstić information content (AvgIpc) is 2.65. The second-order valence-electron chi connectivity index (χ2n) is 6.57. The van der Waals surface area contributed by atoms with E-state index in [1.165, 1.54) is 6.42 Å². The van der Waals surface area contributed by atoms with Crippen molar-refractivity contribution >= 4 is 11.9 Å². The van der Waals surface area contributed by atoms with Crippen LogP contribution in [0.1, 0.15) is 38.2 Å². The highest BCUT2D eigenvalue weighted by molar-refractivity contribution is 5.82. The Morgan fingerprint density at radius 1 is 1.29 bits per heavy atom. The van der Waals surface area contributed by atoms with E-state index in [2.05, 4.69) is 6.92 Å². The van der Waals surface area contributed by atoms with Gasteiger partial charge in [-0.3, -0.25) is 9.59 Å². The molecule has 130 valence electrons. The zero-order valence-electron chi connectivity index (χ0n) is 14.2. The number of hydrogen-bond acceptors (Lipinski definition) is 4. The van der Waals surface area contributed by atoms with E-state index in [0.717, 1.165) is 37.1 Å². The minimum atomic E-state index is -0.345. The first-order chi connectivity index (χ1) is 11.7. The predicted molar refractivity (Wildman–Crippen MR) is 89.7 cm³/mol. The molecule has 1 saturated heterocycles. The Hall–Kier alpha value is -2.04. The molecule has 0 spiro atoms. The molecule has 2 aliphatic rings. The SMILES string of the molecule is CCC1CCCCN1C(=O)COC(=O)C1COc2ccccc2C1. The summed E-state index contributed by atoms with van der Waals surface area (Å²) in [7, 11) is 0. The molecule has 1 amide bonds. The number of para-hydroxylation sites is 1. The fourth-order valence-corrected chi connectivity index (χ4v) is 3.57. The van der Waals surface area contributed by atoms with Crippen LogP contribution in [-0.2, 0) is 20.7 Å². The Labute approximate surface area is 142 Å². The van der Waals surface area contributed by atoms with Gasteiger partial charge in [-0.15, -0.1) is 0 Å². The minimum Gasteiger partial charge on any atom is -0.492 e. The third kappa shape index (κ3) is 3.71. The highest BCUT2D eigenvalue weighted by atomic mass is 16.5. The van der Waals surface area contributed by atoms with Gasteiger partial charge in [-0.1, -0.05) is 25.1 Å². The number of benzene rings is 1. The Kier molecular flexibility index (Phi) is 5.38. The van der Waals surface area contributed by atoms with E-state index < -0.39 is 0 Å². The lowest BCUT2D eigenvalue weighted by Crippen LogP contribution is -2.45. The monoisotopic (exact) mass is 331 g/mol. The van der Waals surface area contributed by atoms with E-state index in [1.807, 2.05) is 29.2 Å². The number of amides is 1. The molecule has 5 nitrogen and oxygen atoms in total. The van der Waals surface area contributed by atoms with Crippen LogP contribution in [0.5, 0.6) is 5.75 Å². The van der Waals surface area contributed by atoms with Crippen LogP contribution >= 0.6 is 0 Å². The van der Waals surface area contributed by atoms with Crippen molar-refractivity contribution in [2.24, 2.45) is 5.92 Å². The zero-order chi connectivity index (χ0) is 16.9. The molecule has 2 atom stereocenters. The summed E-state index contributed by atoms with van der Waals surface area (Å²) in [5, 5.41) is 0. The van der Waals surface area contributed by atoms with Crippen LogP contribution in [-0.4, -0.2) is 42.6 Å². The largest absolute Gasteiger partial charge is 0.492 e. The van der Waals surface area contributed by atoms with E-state index in [9.17, 15) is 9.59 Å². The number of hydrogen-bond donors (Lipinski definition) is 0. The summed E-state index contributed by atoms with van der Waals surface area (Å²) in [5.41, 5.74) is 1.01. The summed E-state index contributed by atoms with van der Waals surface area (Å²) < 4.78 is 10.9. The first kappa shape index (κ1) is 16.8. The standard InChI is InChI=1S/C19H25NO4/c1-2-16-8-5-6-10-20(16)18(21)13-24-19(22)15-11-14-7-3-4-9-17(14)23-12-15/h3-4,7,9,15-16H,2,5-6,8,10-13H2,1H3. The number of likely N-dealkylation sites (tertiary alicyclic amines) is 1. The fourth-order valence-electron chi connectivity index (χ4n) is 3.57. The van der Waals surface area contributed by atoms with Gasteiger partial charge in [-0.2, -0.15) is 0 Å². The van der Waals surface area contributed by atoms with Crippen LogP contribution in [0.15, 0.2) is 24.3 Å². The maximum absolute atomic E-state index is 12.4. The Morgan fingerprint density at radius 3 is 2.96 bits per heavy atom. The molecule has 5 heteroatoms. The van der Waals surface area contributed by atoms with E-state index in [-0.39, 0.29) is 30.4 Å². The van der Waals surface area contributed by atoms with Crippen molar-refractivity contribution < 1.29 is 19.1 Å². The molecule has 0 bridgehead atoms. The van der Waals surface area contributed by atoms with Crippen molar-refractivity contribution in [3.63, 3.8) is 0 Å². The molecule has 0 N–H and O–H groups in total. The number of piperidine rings is 1. The molecule has 24 heavy (non-hydrogen) atoms. The lowest BCUT2D eigenvalue weighted by Gasteiger charge is -2.35. The van der Waals surface area contributed by atoms with Crippen molar-refractivity contribution in [3.8, 4) is 5.75 Å². The van der Waals surface area contributed by atoms with Crippen LogP contribution in [0.25, 0.3) is 0 Å². The number of esters is 1. The molecule has 2 aliphatic heterocycles. The van der Waals surface area contributed by atoms with Gasteiger partial charge in [-0.25, -0.2) is 0 Å². The van der Waals surface area contributed by atoms with Gasteiger partial charge in [0.2, 0.25) is 0 Å². The van der Waals surface area contributed by atoms with Gasteiger partial charge in [0.25, 0.3) is 5.91 Å². The first-order valence-corrected chi connectivity index (χ1v) is 8.86. The highest BCUT2D eigenvalue weighted by Crippen LogP contribution is 2.27. The molecule has 1 fully saturated rings. The molecule has 0 radical (unpaired) electrons. The van der Waals surface area contributed by atoms with E-state index in [1.54, 1.807) is 0 Å². The van der Waals surface area contributed by atoms with E-state index in [4.69, 9.17) is 9.47 Å². The Bertz CT molecular complexity index is 601. The second kappa shape index (κ2) is 7.69. The number of carbonyl (C=O) groups excluding carboxylic acids is 2. The Balaban J connectivity index is 1.51. The predicted octanol–water partition coefficient (Wildman–Crippen LogP) is 2.57. The quantitative estimate of drug-likeness (QED) is 0.796. The van der Waals surface area contributed by atoms with Crippen LogP contribution in [0, 0.1) is 5.92 Å². The lowest BCUT2D eigenvalue weighted by molar-refractivity contribution is -0.158. The van der Waals surface area contributed by atoms with E-state index in [0.29, 0.717) is 13.0 Å². The van der Waals surface area contributed by atoms with Gasteiger partial charge in [0.15, 0.2) is 6.61 Å². The van der Waals surface area contributed by atoms with Crippen molar-refractivity contribution in [3.05, 3.63) is 29.8 Å². The van der Waals surface area contributed by atoms with Crippen LogP contribution in [0.4, 0.5) is 0 Å². The molecule has 0 aliphatic carbocycles. The van der Waals surface area contributed by atoms with Gasteiger partial charge in [0, 0.05) is 12.6 Å². The van der Waals surface area contributed by atoms with Gasteiger partial charge in [0.05, 0.1) is 5.92 Å². The normalized spacial score (nSPS) is 23.1. The van der Waals surface area contributed by atoms with Crippen molar-refractivity contribution in [1.29, 1.82) is 0 Å². The second-order valence-corrected chi connectivity index (χ2v) is 6.57. The average molecular weight is 331 g/mol. The van der Waals surface area contributed by atoms with Crippen molar-refractivity contribution in [1.82, 2.24) is 4.90 Å². The van der Waals surface area contributed by atoms with Crippen molar-refractivity contribution in [2.75, 3.05) is 19.8 Å². The fraction of sp³-hybridized carbons (Fsp3) is 0.579. The molecule has 2 heterocycles. The summed E-state index contributed by atoms with van der Waals surface area (Å²) in [5.74, 6) is 0.0719. The number of rotatable bonds is 4. The maximum atomic E-state index is 12.4. The molecule has 1 aromatic rings. The van der Waals surface area contributed by atoms with Crippen LogP contribution in [0.2, 0.25) is 0 Å². The molecule has 1 aromatic carbocycles. The first-order valence-electron chi connectivity index (χ1n) is 8.86. The number of ether oxygens (including phenoxy) is 2. The summed E-state index contributed by atoms with van der Waals surface area (Å²) in [4.78, 5) is 26.5. The molecular weight excluding hydrogens is 306 g/mol. The molecule has 3 rings (SSSR count). The van der Waals surface area contributed by atoms with Gasteiger partial charge >= 0.3 is 5.97 Å². The summed E-state index contributed by atoms with van der Waals surface area (Å²) in [6, 6.07) is 8.00. The number of fused-ring (bicyclic) bond motifs is 1. The Morgan fingerprint density at radius 2 is 2.12 bits per heavy atom. The van der Waals surface area contributed by atoms with E-state index >= 15 is 0 Å². The van der Waals surface area contributed by atoms with Gasteiger partial charge in [0.1, 0.15) is 12.4 Å². The maximum Gasteiger partial charge on any atom is 0.313 e. The topological polar surface area (TPSA) is 55.8 Å². The smallest absolute Gasteiger partial charge is 0.313 e. The van der Waals surface area contributed by atoms with Gasteiger partial charge < -0.3 is 14.4 Å². The highest BCUT2D eigenvalue weighted by Gasteiger charge is 2.29.